The van der Waals surface area contributed by atoms with Gasteiger partial charge in [0, 0.05) is 43.5 Å². The summed E-state index contributed by atoms with van der Waals surface area (Å²) >= 11 is 0. The molecule has 1 aromatic carbocycles. The zero-order chi connectivity index (χ0) is 29.9. The zero-order valence-electron chi connectivity index (χ0n) is 23.5. The van der Waals surface area contributed by atoms with Crippen molar-refractivity contribution in [2.75, 3.05) is 50.1 Å². The number of ether oxygens (including phenoxy) is 1. The molecule has 4 heterocycles. The summed E-state index contributed by atoms with van der Waals surface area (Å²) in [5.41, 5.74) is 2.69. The fourth-order valence-electron chi connectivity index (χ4n) is 4.90. The Morgan fingerprint density at radius 3 is 2.57 bits per heavy atom. The minimum atomic E-state index is -4.68. The molecule has 1 fully saturated rings. The van der Waals surface area contributed by atoms with Crippen LogP contribution in [0.4, 0.5) is 24.5 Å². The highest BCUT2D eigenvalue weighted by atomic mass is 19.4. The van der Waals surface area contributed by atoms with Gasteiger partial charge in [-0.05, 0) is 50.2 Å². The van der Waals surface area contributed by atoms with E-state index in [1.807, 2.05) is 12.3 Å². The third-order valence-corrected chi connectivity index (χ3v) is 7.12. The topological polar surface area (TPSA) is 101 Å². The first-order valence-corrected chi connectivity index (χ1v) is 13.5. The van der Waals surface area contributed by atoms with Crippen LogP contribution in [0.1, 0.15) is 35.0 Å². The average molecular weight is 581 g/mol. The second kappa shape index (κ2) is 12.1. The quantitative estimate of drug-likeness (QED) is 0.316. The Labute approximate surface area is 241 Å². The molecule has 1 saturated heterocycles. The Morgan fingerprint density at radius 2 is 1.86 bits per heavy atom. The molecule has 5 rings (SSSR count). The van der Waals surface area contributed by atoms with Crippen LogP contribution in [-0.4, -0.2) is 75.6 Å². The van der Waals surface area contributed by atoms with E-state index in [1.54, 1.807) is 30.1 Å². The van der Waals surface area contributed by atoms with Crippen LogP contribution in [-0.2, 0) is 6.18 Å². The monoisotopic (exact) mass is 580 g/mol. The van der Waals surface area contributed by atoms with Crippen LogP contribution >= 0.6 is 0 Å². The standard InChI is InChI=1S/C29H31F3N8O2/c1-4-7-38-8-10-39(11-9-38)23-12-21(15-33-17-23)25-18-40(37-36-25)26-14-22(16-34-19(26)2)35-28(41)20-5-6-27(42-3)24(13-20)29(30,31)32/h5-6,12-18H,4,7-11H2,1-3H3,(H,35,41). The maximum Gasteiger partial charge on any atom is 0.419 e. The number of anilines is 2. The zero-order valence-corrected chi connectivity index (χ0v) is 23.5. The molecule has 1 amide bonds. The van der Waals surface area contributed by atoms with Crippen LogP contribution in [0.5, 0.6) is 5.75 Å². The molecule has 1 N–H and O–H groups in total. The van der Waals surface area contributed by atoms with E-state index in [0.717, 1.165) is 69.6 Å². The largest absolute Gasteiger partial charge is 0.496 e. The van der Waals surface area contributed by atoms with Crippen LogP contribution in [0.15, 0.2) is 55.1 Å². The highest BCUT2D eigenvalue weighted by molar-refractivity contribution is 6.04. The van der Waals surface area contributed by atoms with E-state index in [2.05, 4.69) is 42.3 Å². The van der Waals surface area contributed by atoms with Crippen molar-refractivity contribution in [2.24, 2.45) is 0 Å². The molecule has 220 valence electrons. The lowest BCUT2D eigenvalue weighted by atomic mass is 10.1. The lowest BCUT2D eigenvalue weighted by Gasteiger charge is -2.35. The van der Waals surface area contributed by atoms with E-state index in [1.165, 1.54) is 12.3 Å². The Hall–Kier alpha value is -4.52. The third kappa shape index (κ3) is 6.35. The number of carbonyl (C=O) groups is 1. The smallest absolute Gasteiger partial charge is 0.419 e. The molecule has 0 spiro atoms. The van der Waals surface area contributed by atoms with Crippen LogP contribution in [0.3, 0.4) is 0 Å². The molecule has 0 unspecified atom stereocenters. The summed E-state index contributed by atoms with van der Waals surface area (Å²) in [6.07, 6.45) is 3.22. The van der Waals surface area contributed by atoms with Gasteiger partial charge in [0.05, 0.1) is 54.0 Å². The summed E-state index contributed by atoms with van der Waals surface area (Å²) in [7, 11) is 1.14. The Morgan fingerprint density at radius 1 is 1.07 bits per heavy atom. The number of aromatic nitrogens is 5. The van der Waals surface area contributed by atoms with E-state index < -0.39 is 17.6 Å². The molecule has 0 atom stereocenters. The number of nitrogens with one attached hydrogen (secondary N) is 1. The summed E-state index contributed by atoms with van der Waals surface area (Å²) in [6, 6.07) is 6.82. The van der Waals surface area contributed by atoms with E-state index >= 15 is 0 Å². The van der Waals surface area contributed by atoms with Gasteiger partial charge < -0.3 is 15.0 Å². The lowest BCUT2D eigenvalue weighted by molar-refractivity contribution is -0.138. The van der Waals surface area contributed by atoms with Gasteiger partial charge in [-0.3, -0.25) is 19.7 Å². The van der Waals surface area contributed by atoms with E-state index in [4.69, 9.17) is 4.74 Å². The molecule has 13 heteroatoms. The number of rotatable bonds is 8. The van der Waals surface area contributed by atoms with Crippen molar-refractivity contribution in [2.45, 2.75) is 26.4 Å². The Balaban J connectivity index is 1.33. The summed E-state index contributed by atoms with van der Waals surface area (Å²) < 4.78 is 46.6. The van der Waals surface area contributed by atoms with Crippen LogP contribution in [0.2, 0.25) is 0 Å². The molecular formula is C29H31F3N8O2. The summed E-state index contributed by atoms with van der Waals surface area (Å²) in [5, 5.41) is 11.2. The molecule has 1 aliphatic rings. The van der Waals surface area contributed by atoms with Crippen molar-refractivity contribution in [3.8, 4) is 22.7 Å². The SMILES string of the molecule is CCCN1CCN(c2cncc(-c3cn(-c4cc(NC(=O)c5ccc(OC)c(C(F)(F)F)c5)cnc4C)nn3)c2)CC1. The van der Waals surface area contributed by atoms with Gasteiger partial charge in [-0.2, -0.15) is 13.2 Å². The first kappa shape index (κ1) is 29.0. The minimum absolute atomic E-state index is 0.174. The highest BCUT2D eigenvalue weighted by Gasteiger charge is 2.35. The predicted octanol–water partition coefficient (Wildman–Crippen LogP) is 4.84. The Bertz CT molecular complexity index is 1560. The predicted molar refractivity (Wildman–Crippen MR) is 152 cm³/mol. The maximum atomic E-state index is 13.4. The van der Waals surface area contributed by atoms with Crippen LogP contribution in [0, 0.1) is 6.92 Å². The number of halogens is 3. The van der Waals surface area contributed by atoms with Gasteiger partial charge in [0.15, 0.2) is 0 Å². The lowest BCUT2D eigenvalue weighted by Crippen LogP contribution is -2.46. The highest BCUT2D eigenvalue weighted by Crippen LogP contribution is 2.37. The number of amides is 1. The van der Waals surface area contributed by atoms with Crippen molar-refractivity contribution in [1.29, 1.82) is 0 Å². The molecule has 0 aliphatic carbocycles. The van der Waals surface area contributed by atoms with Crippen LogP contribution < -0.4 is 15.0 Å². The first-order valence-electron chi connectivity index (χ1n) is 13.5. The molecule has 0 radical (unpaired) electrons. The molecule has 0 saturated carbocycles. The van der Waals surface area contributed by atoms with Gasteiger partial charge in [-0.1, -0.05) is 12.1 Å². The number of benzene rings is 1. The maximum absolute atomic E-state index is 13.4. The van der Waals surface area contributed by atoms with Gasteiger partial charge in [-0.25, -0.2) is 4.68 Å². The summed E-state index contributed by atoms with van der Waals surface area (Å²) in [5.74, 6) is -1.09. The number of hydrogen-bond donors (Lipinski definition) is 1. The fraction of sp³-hybridized carbons (Fsp3) is 0.345. The van der Waals surface area contributed by atoms with E-state index in [9.17, 15) is 18.0 Å². The molecule has 3 aromatic heterocycles. The third-order valence-electron chi connectivity index (χ3n) is 7.12. The first-order chi connectivity index (χ1) is 20.2. The summed E-state index contributed by atoms with van der Waals surface area (Å²) in [4.78, 5) is 26.4. The number of methoxy groups -OCH3 is 1. The van der Waals surface area contributed by atoms with Gasteiger partial charge >= 0.3 is 6.18 Å². The molecule has 1 aliphatic heterocycles. The molecular weight excluding hydrogens is 549 g/mol. The number of hydrogen-bond acceptors (Lipinski definition) is 8. The van der Waals surface area contributed by atoms with Crippen LogP contribution in [0.25, 0.3) is 16.9 Å². The molecule has 0 bridgehead atoms. The van der Waals surface area contributed by atoms with Crippen molar-refractivity contribution in [3.05, 3.63) is 71.9 Å². The number of piperazine rings is 1. The van der Waals surface area contributed by atoms with E-state index in [0.29, 0.717) is 17.1 Å². The Kier molecular flexibility index (Phi) is 8.39. The minimum Gasteiger partial charge on any atom is -0.496 e. The second-order valence-corrected chi connectivity index (χ2v) is 10.0. The van der Waals surface area contributed by atoms with Gasteiger partial charge in [0.2, 0.25) is 0 Å². The molecule has 4 aromatic rings. The van der Waals surface area contributed by atoms with Crippen molar-refractivity contribution in [1.82, 2.24) is 29.9 Å². The number of nitrogens with zero attached hydrogens (tertiary/aromatic N) is 7. The average Bonchev–Trinajstić information content (AvgIpc) is 3.48. The summed E-state index contributed by atoms with van der Waals surface area (Å²) in [6.45, 7) is 8.95. The van der Waals surface area contributed by atoms with Crippen molar-refractivity contribution in [3.63, 3.8) is 0 Å². The van der Waals surface area contributed by atoms with Crippen molar-refractivity contribution < 1.29 is 22.7 Å². The van der Waals surface area contributed by atoms with Crippen molar-refractivity contribution >= 4 is 17.3 Å². The van der Waals surface area contributed by atoms with E-state index in [-0.39, 0.29) is 17.0 Å². The normalized spacial score (nSPS) is 14.2. The fourth-order valence-corrected chi connectivity index (χ4v) is 4.90. The van der Waals surface area contributed by atoms with Gasteiger partial charge in [0.1, 0.15) is 11.4 Å². The van der Waals surface area contributed by atoms with Gasteiger partial charge in [-0.15, -0.1) is 5.10 Å². The number of carbonyl (C=O) groups excluding carboxylic acids is 1. The molecule has 42 heavy (non-hydrogen) atoms. The number of pyridine rings is 2. The molecule has 10 nitrogen and oxygen atoms in total. The second-order valence-electron chi connectivity index (χ2n) is 10.0. The number of aryl methyl sites for hydroxylation is 1. The van der Waals surface area contributed by atoms with Gasteiger partial charge in [0.25, 0.3) is 5.91 Å². The number of alkyl halides is 3.